The van der Waals surface area contributed by atoms with Gasteiger partial charge in [-0.2, -0.15) is 5.26 Å². The fraction of sp³-hybridized carbons (Fsp3) is 0.150. The molecular formula is C20H16BrN5. The van der Waals surface area contributed by atoms with Crippen molar-refractivity contribution in [2.45, 2.75) is 20.0 Å². The number of imidazole rings is 2. The molecule has 0 radical (unpaired) electrons. The van der Waals surface area contributed by atoms with Crippen LogP contribution in [0, 0.1) is 11.3 Å². The molecule has 0 aliphatic heterocycles. The van der Waals surface area contributed by atoms with E-state index < -0.39 is 0 Å². The summed E-state index contributed by atoms with van der Waals surface area (Å²) >= 11 is 3.51. The summed E-state index contributed by atoms with van der Waals surface area (Å²) < 4.78 is 5.31. The topological polar surface area (TPSA) is 59.4 Å². The van der Waals surface area contributed by atoms with E-state index in [2.05, 4.69) is 49.1 Å². The van der Waals surface area contributed by atoms with Crippen LogP contribution < -0.4 is 0 Å². The van der Waals surface area contributed by atoms with Crippen molar-refractivity contribution in [1.29, 1.82) is 5.26 Å². The molecule has 2 heterocycles. The lowest BCUT2D eigenvalue weighted by molar-refractivity contribution is 0.667. The predicted octanol–water partition coefficient (Wildman–Crippen LogP) is 4.60. The molecule has 4 rings (SSSR count). The fourth-order valence-corrected chi connectivity index (χ4v) is 3.55. The van der Waals surface area contributed by atoms with Gasteiger partial charge in [0.15, 0.2) is 0 Å². The molecule has 5 nitrogen and oxygen atoms in total. The number of fused-ring (bicyclic) bond motifs is 1. The Bertz CT molecular complexity index is 1130. The van der Waals surface area contributed by atoms with Crippen LogP contribution in [0.2, 0.25) is 0 Å². The zero-order valence-corrected chi connectivity index (χ0v) is 15.8. The SMILES string of the molecule is CCn1c(Cn2ccnc2-c2cccc(C#N)c2)nc2cc(Br)ccc21. The first-order valence-electron chi connectivity index (χ1n) is 8.36. The molecule has 26 heavy (non-hydrogen) atoms. The Morgan fingerprint density at radius 2 is 2.08 bits per heavy atom. The highest BCUT2D eigenvalue weighted by Gasteiger charge is 2.13. The van der Waals surface area contributed by atoms with Crippen LogP contribution in [-0.2, 0) is 13.1 Å². The summed E-state index contributed by atoms with van der Waals surface area (Å²) in [5, 5.41) is 9.14. The maximum absolute atomic E-state index is 9.14. The average Bonchev–Trinajstić information content (AvgIpc) is 3.25. The summed E-state index contributed by atoms with van der Waals surface area (Å²) in [5.41, 5.74) is 3.65. The molecule has 0 amide bonds. The van der Waals surface area contributed by atoms with E-state index in [1.165, 1.54) is 0 Å². The van der Waals surface area contributed by atoms with Gasteiger partial charge in [0.25, 0.3) is 0 Å². The van der Waals surface area contributed by atoms with Gasteiger partial charge < -0.3 is 9.13 Å². The van der Waals surface area contributed by atoms with Crippen molar-refractivity contribution in [2.24, 2.45) is 0 Å². The van der Waals surface area contributed by atoms with Crippen molar-refractivity contribution in [3.8, 4) is 17.5 Å². The Hall–Kier alpha value is -2.91. The molecule has 0 saturated carbocycles. The monoisotopic (exact) mass is 405 g/mol. The maximum atomic E-state index is 9.14. The highest BCUT2D eigenvalue weighted by Crippen LogP contribution is 2.23. The molecule has 0 aliphatic rings. The summed E-state index contributed by atoms with van der Waals surface area (Å²) in [4.78, 5) is 9.31. The van der Waals surface area contributed by atoms with E-state index in [1.54, 1.807) is 12.3 Å². The summed E-state index contributed by atoms with van der Waals surface area (Å²) in [6.45, 7) is 3.59. The van der Waals surface area contributed by atoms with Crippen molar-refractivity contribution in [3.63, 3.8) is 0 Å². The van der Waals surface area contributed by atoms with Crippen LogP contribution in [0.1, 0.15) is 18.3 Å². The van der Waals surface area contributed by atoms with Crippen LogP contribution >= 0.6 is 15.9 Å². The van der Waals surface area contributed by atoms with Crippen molar-refractivity contribution in [1.82, 2.24) is 19.1 Å². The van der Waals surface area contributed by atoms with Gasteiger partial charge >= 0.3 is 0 Å². The van der Waals surface area contributed by atoms with E-state index in [4.69, 9.17) is 10.2 Å². The molecule has 0 aliphatic carbocycles. The molecule has 0 fully saturated rings. The standard InChI is InChI=1S/C20H16BrN5/c1-2-26-18-7-6-16(21)11-17(18)24-19(26)13-25-9-8-23-20(25)15-5-3-4-14(10-15)12-22/h3-11H,2,13H2,1H3. The van der Waals surface area contributed by atoms with Gasteiger partial charge in [-0.25, -0.2) is 9.97 Å². The second-order valence-corrected chi connectivity index (χ2v) is 6.89. The van der Waals surface area contributed by atoms with Crippen molar-refractivity contribution in [3.05, 3.63) is 70.7 Å². The van der Waals surface area contributed by atoms with Crippen LogP contribution in [0.4, 0.5) is 0 Å². The molecule has 0 spiro atoms. The highest BCUT2D eigenvalue weighted by atomic mass is 79.9. The molecular weight excluding hydrogens is 390 g/mol. The number of nitriles is 1. The van der Waals surface area contributed by atoms with Crippen molar-refractivity contribution < 1.29 is 0 Å². The third-order valence-corrected chi connectivity index (χ3v) is 4.88. The van der Waals surface area contributed by atoms with Gasteiger partial charge in [0.1, 0.15) is 11.6 Å². The van der Waals surface area contributed by atoms with E-state index in [1.807, 2.05) is 36.5 Å². The van der Waals surface area contributed by atoms with Gasteiger partial charge in [-0.3, -0.25) is 0 Å². The van der Waals surface area contributed by atoms with E-state index >= 15 is 0 Å². The number of hydrogen-bond donors (Lipinski definition) is 0. The molecule has 128 valence electrons. The lowest BCUT2D eigenvalue weighted by atomic mass is 10.1. The first-order chi connectivity index (χ1) is 12.7. The van der Waals surface area contributed by atoms with Crippen LogP contribution in [0.3, 0.4) is 0 Å². The quantitative estimate of drug-likeness (QED) is 0.498. The number of aromatic nitrogens is 4. The molecule has 2 aromatic carbocycles. The van der Waals surface area contributed by atoms with Crippen molar-refractivity contribution in [2.75, 3.05) is 0 Å². The van der Waals surface area contributed by atoms with Crippen molar-refractivity contribution >= 4 is 27.0 Å². The molecule has 0 bridgehead atoms. The summed E-state index contributed by atoms with van der Waals surface area (Å²) in [5.74, 6) is 1.81. The second kappa shape index (κ2) is 6.77. The number of halogens is 1. The third kappa shape index (κ3) is 2.91. The third-order valence-electron chi connectivity index (χ3n) is 4.38. The number of hydrogen-bond acceptors (Lipinski definition) is 3. The Labute approximate surface area is 159 Å². The summed E-state index contributed by atoms with van der Waals surface area (Å²) in [6.07, 6.45) is 3.73. The van der Waals surface area contributed by atoms with E-state index in [9.17, 15) is 0 Å². The molecule has 4 aromatic rings. The predicted molar refractivity (Wildman–Crippen MR) is 105 cm³/mol. The first kappa shape index (κ1) is 16.6. The first-order valence-corrected chi connectivity index (χ1v) is 9.15. The van der Waals surface area contributed by atoms with E-state index in [0.29, 0.717) is 12.1 Å². The zero-order valence-electron chi connectivity index (χ0n) is 14.2. The molecule has 0 saturated heterocycles. The largest absolute Gasteiger partial charge is 0.327 e. The van der Waals surface area contributed by atoms with E-state index in [0.717, 1.165) is 39.3 Å². The van der Waals surface area contributed by atoms with Crippen LogP contribution in [0.5, 0.6) is 0 Å². The molecule has 2 aromatic heterocycles. The Balaban J connectivity index is 1.76. The summed E-state index contributed by atoms with van der Waals surface area (Å²) in [6, 6.07) is 15.9. The van der Waals surface area contributed by atoms with Crippen LogP contribution in [-0.4, -0.2) is 19.1 Å². The lowest BCUT2D eigenvalue weighted by Gasteiger charge is -2.10. The molecule has 0 atom stereocenters. The van der Waals surface area contributed by atoms with Gasteiger partial charge in [-0.15, -0.1) is 0 Å². The molecule has 0 unspecified atom stereocenters. The van der Waals surface area contributed by atoms with Gasteiger partial charge in [-0.1, -0.05) is 28.1 Å². The molecule has 0 N–H and O–H groups in total. The van der Waals surface area contributed by atoms with Gasteiger partial charge in [0, 0.05) is 29.0 Å². The smallest absolute Gasteiger partial charge is 0.140 e. The van der Waals surface area contributed by atoms with Gasteiger partial charge in [-0.05, 0) is 37.3 Å². The van der Waals surface area contributed by atoms with Crippen LogP contribution in [0.25, 0.3) is 22.4 Å². The minimum absolute atomic E-state index is 0.617. The maximum Gasteiger partial charge on any atom is 0.140 e. The Morgan fingerprint density at radius 1 is 1.19 bits per heavy atom. The van der Waals surface area contributed by atoms with Gasteiger partial charge in [0.2, 0.25) is 0 Å². The fourth-order valence-electron chi connectivity index (χ4n) is 3.20. The summed E-state index contributed by atoms with van der Waals surface area (Å²) in [7, 11) is 0. The normalized spacial score (nSPS) is 11.0. The number of benzene rings is 2. The van der Waals surface area contributed by atoms with Crippen LogP contribution in [0.15, 0.2) is 59.3 Å². The Kier molecular flexibility index (Phi) is 4.31. The van der Waals surface area contributed by atoms with E-state index in [-0.39, 0.29) is 0 Å². The number of rotatable bonds is 4. The minimum atomic E-state index is 0.617. The average molecular weight is 406 g/mol. The lowest BCUT2D eigenvalue weighted by Crippen LogP contribution is -2.08. The highest BCUT2D eigenvalue weighted by molar-refractivity contribution is 9.10. The zero-order chi connectivity index (χ0) is 18.1. The Morgan fingerprint density at radius 3 is 2.88 bits per heavy atom. The molecule has 6 heteroatoms. The number of aryl methyl sites for hydroxylation is 1. The minimum Gasteiger partial charge on any atom is -0.327 e. The second-order valence-electron chi connectivity index (χ2n) is 5.98. The number of nitrogens with zero attached hydrogens (tertiary/aromatic N) is 5. The van der Waals surface area contributed by atoms with Gasteiger partial charge in [0.05, 0.1) is 29.2 Å².